The summed E-state index contributed by atoms with van der Waals surface area (Å²) in [6, 6.07) is -0.335. The Morgan fingerprint density at radius 3 is 2.57 bits per heavy atom. The van der Waals surface area contributed by atoms with Crippen molar-refractivity contribution in [1.29, 1.82) is 0 Å². The van der Waals surface area contributed by atoms with E-state index in [-0.39, 0.29) is 18.1 Å². The standard InChI is InChI=1S/C29H46N4O2/c1-8-11-12-14-20(4)22(6)24(13-9-2)19-25-26(10-3)33-29(35)28(25)23(7)32-27(30)16-18-31-17-15-21(5)34/h10,12-14,16,18-19,21,23,28,31,34H,8-9,11,15,17H2,1-7H3,(H2,30,32)(H,33,35)/b14-12-,18-16-,22-20+,24-13-,25-19+,26-10+. The van der Waals surface area contributed by atoms with Gasteiger partial charge in [0, 0.05) is 18.4 Å². The predicted octanol–water partition coefficient (Wildman–Crippen LogP) is 5.21. The van der Waals surface area contributed by atoms with Crippen molar-refractivity contribution in [3.05, 3.63) is 70.6 Å². The number of nitrogens with zero attached hydrogens (tertiary/aromatic N) is 1. The third kappa shape index (κ3) is 10.1. The van der Waals surface area contributed by atoms with Crippen LogP contribution in [0.1, 0.15) is 74.1 Å². The molecule has 0 aliphatic carbocycles. The molecule has 0 aromatic heterocycles. The van der Waals surface area contributed by atoms with Crippen LogP contribution in [0.4, 0.5) is 0 Å². The molecule has 194 valence electrons. The first-order valence-electron chi connectivity index (χ1n) is 12.8. The molecule has 6 nitrogen and oxygen atoms in total. The summed E-state index contributed by atoms with van der Waals surface area (Å²) in [4.78, 5) is 17.5. The molecule has 1 aliphatic rings. The number of nitrogens with one attached hydrogen (secondary N) is 2. The van der Waals surface area contributed by atoms with E-state index < -0.39 is 5.92 Å². The van der Waals surface area contributed by atoms with Crippen molar-refractivity contribution in [1.82, 2.24) is 10.6 Å². The Labute approximate surface area is 212 Å². The van der Waals surface area contributed by atoms with Gasteiger partial charge in [0.2, 0.25) is 5.91 Å². The van der Waals surface area contributed by atoms with Gasteiger partial charge in [-0.15, -0.1) is 0 Å². The topological polar surface area (TPSA) is 99.7 Å². The van der Waals surface area contributed by atoms with Gasteiger partial charge in [0.25, 0.3) is 0 Å². The molecule has 1 heterocycles. The fourth-order valence-electron chi connectivity index (χ4n) is 3.84. The van der Waals surface area contributed by atoms with Crippen LogP contribution < -0.4 is 16.4 Å². The van der Waals surface area contributed by atoms with E-state index in [9.17, 15) is 9.90 Å². The maximum atomic E-state index is 13.0. The zero-order valence-electron chi connectivity index (χ0n) is 22.7. The lowest BCUT2D eigenvalue weighted by Gasteiger charge is -2.16. The van der Waals surface area contributed by atoms with Gasteiger partial charge in [-0.1, -0.05) is 44.6 Å². The molecule has 5 N–H and O–H groups in total. The first-order chi connectivity index (χ1) is 16.7. The van der Waals surface area contributed by atoms with E-state index in [0.29, 0.717) is 18.8 Å². The van der Waals surface area contributed by atoms with Crippen molar-refractivity contribution in [2.24, 2.45) is 16.6 Å². The smallest absolute Gasteiger partial charge is 0.234 e. The summed E-state index contributed by atoms with van der Waals surface area (Å²) in [6.45, 7) is 14.8. The van der Waals surface area contributed by atoms with Crippen LogP contribution >= 0.6 is 0 Å². The molecule has 1 fully saturated rings. The van der Waals surface area contributed by atoms with E-state index in [1.54, 1.807) is 19.2 Å². The van der Waals surface area contributed by atoms with Crippen LogP contribution in [0.5, 0.6) is 0 Å². The van der Waals surface area contributed by atoms with Crippen molar-refractivity contribution in [3.63, 3.8) is 0 Å². The molecule has 3 unspecified atom stereocenters. The molecule has 0 aromatic rings. The van der Waals surface area contributed by atoms with Gasteiger partial charge >= 0.3 is 0 Å². The fourth-order valence-corrected chi connectivity index (χ4v) is 3.84. The third-order valence-corrected chi connectivity index (χ3v) is 5.97. The second-order valence-electron chi connectivity index (χ2n) is 9.06. The first kappa shape index (κ1) is 30.2. The van der Waals surface area contributed by atoms with Gasteiger partial charge in [0.05, 0.1) is 18.1 Å². The van der Waals surface area contributed by atoms with E-state index in [2.05, 4.69) is 67.6 Å². The Bertz CT molecular complexity index is 917. The largest absolute Gasteiger partial charge is 0.393 e. The van der Waals surface area contributed by atoms with Crippen LogP contribution in [-0.2, 0) is 4.79 Å². The van der Waals surface area contributed by atoms with Gasteiger partial charge in [0.15, 0.2) is 0 Å². The molecular formula is C29H46N4O2. The lowest BCUT2D eigenvalue weighted by molar-refractivity contribution is -0.122. The molecule has 35 heavy (non-hydrogen) atoms. The maximum Gasteiger partial charge on any atom is 0.234 e. The minimum Gasteiger partial charge on any atom is -0.393 e. The number of aliphatic hydroxyl groups is 1. The molecule has 0 bridgehead atoms. The number of aliphatic hydroxyl groups excluding tert-OH is 1. The number of carbonyl (C=O) groups excluding carboxylic acids is 1. The van der Waals surface area contributed by atoms with Gasteiger partial charge in [-0.2, -0.15) is 0 Å². The zero-order chi connectivity index (χ0) is 26.4. The SMILES string of the molecule is C/C=C1/NC(=O)C(C(C)N=C(N)/C=C\NCCC(C)O)/C1=C/C(=C/CC)C(/C)=C(C)/C=C\CCC. The molecule has 0 aromatic carbocycles. The van der Waals surface area contributed by atoms with Gasteiger partial charge in [0.1, 0.15) is 5.84 Å². The molecule has 6 heteroatoms. The highest BCUT2D eigenvalue weighted by Crippen LogP contribution is 2.33. The van der Waals surface area contributed by atoms with E-state index >= 15 is 0 Å². The Morgan fingerprint density at radius 2 is 1.97 bits per heavy atom. The zero-order valence-corrected chi connectivity index (χ0v) is 22.7. The number of nitrogens with two attached hydrogens (primary N) is 1. The summed E-state index contributed by atoms with van der Waals surface area (Å²) in [5, 5.41) is 15.4. The first-order valence-corrected chi connectivity index (χ1v) is 12.8. The van der Waals surface area contributed by atoms with Crippen LogP contribution in [0.25, 0.3) is 0 Å². The Morgan fingerprint density at radius 1 is 1.26 bits per heavy atom. The Kier molecular flexibility index (Phi) is 13.7. The second-order valence-corrected chi connectivity index (χ2v) is 9.06. The number of amides is 1. The molecule has 1 aliphatic heterocycles. The van der Waals surface area contributed by atoms with Crippen molar-refractivity contribution in [3.8, 4) is 0 Å². The summed E-state index contributed by atoms with van der Waals surface area (Å²) in [6.07, 6.45) is 17.5. The van der Waals surface area contributed by atoms with Gasteiger partial charge in [-0.05, 0) is 88.3 Å². The van der Waals surface area contributed by atoms with E-state index in [4.69, 9.17) is 5.73 Å². The highest BCUT2D eigenvalue weighted by molar-refractivity contribution is 5.93. The van der Waals surface area contributed by atoms with Crippen molar-refractivity contribution < 1.29 is 9.90 Å². The number of rotatable bonds is 13. The van der Waals surface area contributed by atoms with E-state index in [1.807, 2.05) is 19.9 Å². The van der Waals surface area contributed by atoms with Crippen molar-refractivity contribution in [2.45, 2.75) is 86.3 Å². The molecular weight excluding hydrogens is 436 g/mol. The van der Waals surface area contributed by atoms with Gasteiger partial charge in [-0.3, -0.25) is 9.79 Å². The third-order valence-electron chi connectivity index (χ3n) is 5.97. The van der Waals surface area contributed by atoms with E-state index in [0.717, 1.165) is 36.1 Å². The van der Waals surface area contributed by atoms with Gasteiger partial charge in [-0.25, -0.2) is 0 Å². The quantitative estimate of drug-likeness (QED) is 0.125. The molecule has 0 spiro atoms. The lowest BCUT2D eigenvalue weighted by atomic mass is 9.89. The summed E-state index contributed by atoms with van der Waals surface area (Å²) in [5.74, 6) is -0.148. The molecule has 0 saturated carbocycles. The molecule has 3 atom stereocenters. The van der Waals surface area contributed by atoms with Gasteiger partial charge < -0.3 is 21.5 Å². The summed E-state index contributed by atoms with van der Waals surface area (Å²) >= 11 is 0. The average molecular weight is 483 g/mol. The average Bonchev–Trinajstić information content (AvgIpc) is 3.12. The number of hydrogen-bond donors (Lipinski definition) is 4. The highest BCUT2D eigenvalue weighted by Gasteiger charge is 2.37. The fraction of sp³-hybridized carbons (Fsp3) is 0.517. The van der Waals surface area contributed by atoms with Crippen LogP contribution in [0.15, 0.2) is 75.6 Å². The maximum absolute atomic E-state index is 13.0. The summed E-state index contributed by atoms with van der Waals surface area (Å²) in [5.41, 5.74) is 11.4. The number of hydrogen-bond acceptors (Lipinski definition) is 4. The lowest BCUT2D eigenvalue weighted by Crippen LogP contribution is -2.28. The van der Waals surface area contributed by atoms with Crippen LogP contribution in [0, 0.1) is 5.92 Å². The molecule has 1 amide bonds. The van der Waals surface area contributed by atoms with Crippen LogP contribution in [0.2, 0.25) is 0 Å². The number of aliphatic imine (C=N–C) groups is 1. The molecule has 1 saturated heterocycles. The van der Waals surface area contributed by atoms with Crippen molar-refractivity contribution >= 4 is 11.7 Å². The molecule has 1 rings (SSSR count). The number of amidine groups is 1. The normalized spacial score (nSPS) is 22.3. The van der Waals surface area contributed by atoms with Crippen LogP contribution in [0.3, 0.4) is 0 Å². The minimum atomic E-state index is -0.430. The van der Waals surface area contributed by atoms with Crippen LogP contribution in [-0.4, -0.2) is 35.5 Å². The summed E-state index contributed by atoms with van der Waals surface area (Å²) in [7, 11) is 0. The Hall–Kier alpha value is -2.86. The summed E-state index contributed by atoms with van der Waals surface area (Å²) < 4.78 is 0. The predicted molar refractivity (Wildman–Crippen MR) is 149 cm³/mol. The van der Waals surface area contributed by atoms with Crippen molar-refractivity contribution in [2.75, 3.05) is 6.54 Å². The minimum absolute atomic E-state index is 0.0653. The van der Waals surface area contributed by atoms with E-state index in [1.165, 1.54) is 11.1 Å². The number of allylic oxidation sites excluding steroid dienone is 9. The Balaban J connectivity index is 3.25. The molecule has 0 radical (unpaired) electrons. The number of carbonyl (C=O) groups is 1. The monoisotopic (exact) mass is 482 g/mol. The second kappa shape index (κ2) is 15.9. The highest BCUT2D eigenvalue weighted by atomic mass is 16.3. The number of unbranched alkanes of at least 4 members (excludes halogenated alkanes) is 1.